The Morgan fingerprint density at radius 1 is 0.800 bits per heavy atom. The number of benzene rings is 1. The van der Waals surface area contributed by atoms with Crippen LogP contribution in [0.1, 0.15) is 0 Å². The van der Waals surface area contributed by atoms with Gasteiger partial charge in [-0.1, -0.05) is 0 Å². The normalized spacial score (nSPS) is 13.2. The van der Waals surface area contributed by atoms with Crippen LogP contribution in [0.5, 0.6) is 11.5 Å². The molecule has 0 atom stereocenters. The highest BCUT2D eigenvalue weighted by atomic mass is 79.9. The molecule has 1 aromatic carbocycles. The lowest BCUT2D eigenvalue weighted by molar-refractivity contribution is -0.268. The fourth-order valence-corrected chi connectivity index (χ4v) is 1.37. The van der Waals surface area contributed by atoms with E-state index in [1.54, 1.807) is 0 Å². The van der Waals surface area contributed by atoms with Crippen LogP contribution in [-0.4, -0.2) is 28.0 Å². The Morgan fingerprint density at radius 2 is 1.16 bits per heavy atom. The summed E-state index contributed by atoms with van der Waals surface area (Å²) in [5.41, 5.74) is -0.718. The van der Waals surface area contributed by atoms with Gasteiger partial charge in [0.15, 0.2) is 0 Å². The minimum absolute atomic E-state index is 0.184. The molecule has 140 valence electrons. The summed E-state index contributed by atoms with van der Waals surface area (Å²) < 4.78 is 111. The van der Waals surface area contributed by atoms with Crippen LogP contribution in [0.2, 0.25) is 0 Å². The number of aliphatic imine (C=N–C) groups is 1. The van der Waals surface area contributed by atoms with Crippen LogP contribution in [0.4, 0.5) is 40.8 Å². The van der Waals surface area contributed by atoms with Crippen molar-refractivity contribution in [2.75, 3.05) is 0 Å². The van der Waals surface area contributed by atoms with Gasteiger partial charge < -0.3 is 9.47 Å². The lowest BCUT2D eigenvalue weighted by Crippen LogP contribution is -2.41. The number of isocyanates is 1. The number of rotatable bonds is 7. The summed E-state index contributed by atoms with van der Waals surface area (Å²) in [5.74, 6) is -2.46. The first kappa shape index (κ1) is 21.6. The highest BCUT2D eigenvalue weighted by Gasteiger charge is 2.59. The summed E-state index contributed by atoms with van der Waals surface area (Å²) in [6.45, 7) is 0. The first-order valence-corrected chi connectivity index (χ1v) is 7.18. The van der Waals surface area contributed by atoms with E-state index in [-0.39, 0.29) is 6.07 Å². The van der Waals surface area contributed by atoms with Crippen LogP contribution in [0.25, 0.3) is 0 Å². The van der Waals surface area contributed by atoms with Crippen LogP contribution in [-0.2, 0) is 4.79 Å². The first-order chi connectivity index (χ1) is 11.1. The molecule has 4 nitrogen and oxygen atoms in total. The third-order valence-electron chi connectivity index (χ3n) is 2.19. The third kappa shape index (κ3) is 5.54. The van der Waals surface area contributed by atoms with Crippen LogP contribution in [0.3, 0.4) is 0 Å². The van der Waals surface area contributed by atoms with Crippen molar-refractivity contribution in [1.82, 2.24) is 0 Å². The second kappa shape index (κ2) is 7.08. The zero-order valence-corrected chi connectivity index (χ0v) is 14.4. The van der Waals surface area contributed by atoms with Gasteiger partial charge in [0.1, 0.15) is 11.5 Å². The Morgan fingerprint density at radius 3 is 1.44 bits per heavy atom. The molecule has 1 aromatic rings. The molecule has 1 rings (SSSR count). The van der Waals surface area contributed by atoms with Gasteiger partial charge >= 0.3 is 21.9 Å². The average molecular weight is 509 g/mol. The van der Waals surface area contributed by atoms with E-state index >= 15 is 0 Å². The number of carbonyl (C=O) groups excluding carboxylic acids is 1. The van der Waals surface area contributed by atoms with Gasteiger partial charge in [-0.3, -0.25) is 0 Å². The highest BCUT2D eigenvalue weighted by molar-refractivity contribution is 9.10. The molecule has 0 radical (unpaired) electrons. The zero-order chi connectivity index (χ0) is 19.7. The van der Waals surface area contributed by atoms with E-state index in [1.165, 1.54) is 31.9 Å². The van der Waals surface area contributed by atoms with E-state index in [1.807, 2.05) is 0 Å². The summed E-state index contributed by atoms with van der Waals surface area (Å²) in [4.78, 5) is 3.29. The quantitative estimate of drug-likeness (QED) is 0.209. The van der Waals surface area contributed by atoms with Crippen molar-refractivity contribution in [3.05, 3.63) is 18.2 Å². The molecule has 0 aliphatic carbocycles. The molecule has 0 heterocycles. The van der Waals surface area contributed by atoms with Gasteiger partial charge in [-0.25, -0.2) is 4.79 Å². The lowest BCUT2D eigenvalue weighted by Gasteiger charge is -2.24. The SMILES string of the molecule is O=C=Nc1cc(OC(F)(F)C(F)(F)Br)cc(OC(F)(F)C(F)(F)Br)c1. The van der Waals surface area contributed by atoms with Crippen LogP contribution < -0.4 is 9.47 Å². The largest absolute Gasteiger partial charge is 0.475 e. The molecule has 14 heteroatoms. The second-order valence-electron chi connectivity index (χ2n) is 4.10. The molecule has 0 N–H and O–H groups in total. The predicted molar refractivity (Wildman–Crippen MR) is 73.1 cm³/mol. The Hall–Kier alpha value is -1.40. The van der Waals surface area contributed by atoms with Crippen molar-refractivity contribution in [2.24, 2.45) is 4.99 Å². The minimum Gasteiger partial charge on any atom is -0.427 e. The monoisotopic (exact) mass is 507 g/mol. The summed E-state index contributed by atoms with van der Waals surface area (Å²) in [6.07, 6.45) is -9.44. The third-order valence-corrected chi connectivity index (χ3v) is 3.11. The molecule has 0 unspecified atom stereocenters. The maximum absolute atomic E-state index is 13.1. The summed E-state index contributed by atoms with van der Waals surface area (Å²) in [6, 6.07) is 1.09. The number of ether oxygens (including phenoxy) is 2. The maximum Gasteiger partial charge on any atom is 0.475 e. The van der Waals surface area contributed by atoms with E-state index in [4.69, 9.17) is 0 Å². The Balaban J connectivity index is 3.29. The molecule has 25 heavy (non-hydrogen) atoms. The van der Waals surface area contributed by atoms with Gasteiger partial charge in [0.05, 0.1) is 5.69 Å². The molecule has 0 fully saturated rings. The number of alkyl halides is 10. The van der Waals surface area contributed by atoms with Crippen molar-refractivity contribution in [3.63, 3.8) is 0 Å². The molecule has 0 saturated carbocycles. The molecule has 0 aromatic heterocycles. The zero-order valence-electron chi connectivity index (χ0n) is 11.2. The van der Waals surface area contributed by atoms with Gasteiger partial charge in [0, 0.05) is 50.1 Å². The lowest BCUT2D eigenvalue weighted by atomic mass is 10.3. The minimum atomic E-state index is -5.17. The predicted octanol–water partition coefficient (Wildman–Crippen LogP) is 5.57. The fraction of sp³-hybridized carbons (Fsp3) is 0.364. The average Bonchev–Trinajstić information content (AvgIpc) is 2.34. The van der Waals surface area contributed by atoms with Crippen molar-refractivity contribution < 1.29 is 49.4 Å². The van der Waals surface area contributed by atoms with Crippen LogP contribution in [0.15, 0.2) is 23.2 Å². The molecular formula is C11H3Br2F8NO3. The molecule has 0 amide bonds. The summed E-state index contributed by atoms with van der Waals surface area (Å²) >= 11 is 2.70. The number of halogens is 10. The molecule has 0 aliphatic rings. The summed E-state index contributed by atoms with van der Waals surface area (Å²) in [7, 11) is 0. The van der Waals surface area contributed by atoms with Gasteiger partial charge in [-0.15, -0.1) is 0 Å². The van der Waals surface area contributed by atoms with Crippen molar-refractivity contribution >= 4 is 43.6 Å². The van der Waals surface area contributed by atoms with E-state index < -0.39 is 39.1 Å². The fourth-order valence-electron chi connectivity index (χ4n) is 1.20. The molecule has 0 aliphatic heterocycles. The van der Waals surface area contributed by atoms with Gasteiger partial charge in [0.25, 0.3) is 0 Å². The van der Waals surface area contributed by atoms with Crippen LogP contribution in [0, 0.1) is 0 Å². The van der Waals surface area contributed by atoms with E-state index in [9.17, 15) is 39.9 Å². The Bertz CT molecular complexity index is 637. The molecular weight excluding hydrogens is 506 g/mol. The molecule has 0 spiro atoms. The Kier molecular flexibility index (Phi) is 6.13. The Labute approximate surface area is 150 Å². The number of hydrogen-bond donors (Lipinski definition) is 0. The maximum atomic E-state index is 13.1. The smallest absolute Gasteiger partial charge is 0.427 e. The topological polar surface area (TPSA) is 47.9 Å². The van der Waals surface area contributed by atoms with E-state index in [0.717, 1.165) is 6.08 Å². The van der Waals surface area contributed by atoms with E-state index in [0.29, 0.717) is 12.1 Å². The van der Waals surface area contributed by atoms with Gasteiger partial charge in [0.2, 0.25) is 6.08 Å². The van der Waals surface area contributed by atoms with E-state index in [2.05, 4.69) is 14.5 Å². The van der Waals surface area contributed by atoms with Crippen molar-refractivity contribution in [3.8, 4) is 11.5 Å². The van der Waals surface area contributed by atoms with Gasteiger partial charge in [-0.2, -0.15) is 40.1 Å². The highest BCUT2D eigenvalue weighted by Crippen LogP contribution is 2.44. The standard InChI is InChI=1S/C11H3Br2F8NO3/c12-8(14,15)10(18,19)24-6-1-5(22-4-23)2-7(3-6)25-11(20,21)9(13,16)17/h1-3H. The van der Waals surface area contributed by atoms with Crippen molar-refractivity contribution in [1.29, 1.82) is 0 Å². The first-order valence-electron chi connectivity index (χ1n) is 5.59. The number of hydrogen-bond acceptors (Lipinski definition) is 4. The number of nitrogens with zero attached hydrogens (tertiary/aromatic N) is 1. The van der Waals surface area contributed by atoms with Gasteiger partial charge in [-0.05, 0) is 0 Å². The second-order valence-corrected chi connectivity index (χ2v) is 6.09. The van der Waals surface area contributed by atoms with Crippen molar-refractivity contribution in [2.45, 2.75) is 21.9 Å². The molecule has 0 bridgehead atoms. The summed E-state index contributed by atoms with van der Waals surface area (Å²) in [5, 5.41) is 0. The van der Waals surface area contributed by atoms with Crippen LogP contribution >= 0.6 is 31.9 Å². The molecule has 0 saturated heterocycles.